The van der Waals surface area contributed by atoms with Crippen LogP contribution >= 0.6 is 0 Å². The summed E-state index contributed by atoms with van der Waals surface area (Å²) in [6.07, 6.45) is 6.71. The van der Waals surface area contributed by atoms with Gasteiger partial charge in [-0.15, -0.1) is 0 Å². The van der Waals surface area contributed by atoms with E-state index in [0.29, 0.717) is 12.3 Å². The van der Waals surface area contributed by atoms with Gasteiger partial charge in [-0.3, -0.25) is 14.8 Å². The summed E-state index contributed by atoms with van der Waals surface area (Å²) in [7, 11) is 0. The van der Waals surface area contributed by atoms with Crippen LogP contribution in [-0.2, 0) is 4.79 Å². The van der Waals surface area contributed by atoms with Gasteiger partial charge in [0.15, 0.2) is 5.83 Å². The van der Waals surface area contributed by atoms with Gasteiger partial charge in [0, 0.05) is 30.1 Å². The standard InChI is InChI=1S/C26H23FN4O2/c1-17(27)26(32)31-14-6-9-19(31)16-33-22-15-28-13-11-20(22)24-23(18-7-3-2-4-8-18)25-21(30-24)10-5-12-29-25/h2-5,7-8,10-13,15,19,30H,1,6,9,14,16H2/t19-/m0/s1. The lowest BCUT2D eigenvalue weighted by Crippen LogP contribution is -2.39. The minimum Gasteiger partial charge on any atom is -0.489 e. The van der Waals surface area contributed by atoms with Crippen molar-refractivity contribution in [3.05, 3.63) is 79.5 Å². The third-order valence-electron chi connectivity index (χ3n) is 5.97. The molecule has 0 saturated carbocycles. The first-order valence-electron chi connectivity index (χ1n) is 10.9. The zero-order valence-electron chi connectivity index (χ0n) is 18.0. The second kappa shape index (κ2) is 8.86. The van der Waals surface area contributed by atoms with Crippen LogP contribution in [0.4, 0.5) is 4.39 Å². The van der Waals surface area contributed by atoms with Crippen LogP contribution in [0.5, 0.6) is 5.75 Å². The van der Waals surface area contributed by atoms with Crippen molar-refractivity contribution in [3.63, 3.8) is 0 Å². The third kappa shape index (κ3) is 3.98. The van der Waals surface area contributed by atoms with Gasteiger partial charge < -0.3 is 14.6 Å². The first-order chi connectivity index (χ1) is 16.1. The molecule has 6 nitrogen and oxygen atoms in total. The number of hydrogen-bond donors (Lipinski definition) is 1. The molecule has 7 heteroatoms. The SMILES string of the molecule is C=C(F)C(=O)N1CCC[C@H]1COc1cnccc1-c1[nH]c2cccnc2c1-c1ccccc1. The molecule has 1 fully saturated rings. The Bertz CT molecular complexity index is 1320. The lowest BCUT2D eigenvalue weighted by Gasteiger charge is -2.24. The molecule has 5 rings (SSSR count). The van der Waals surface area contributed by atoms with Crippen LogP contribution < -0.4 is 4.74 Å². The molecule has 1 aliphatic rings. The lowest BCUT2D eigenvalue weighted by molar-refractivity contribution is -0.129. The number of halogens is 1. The van der Waals surface area contributed by atoms with Crippen molar-refractivity contribution in [1.29, 1.82) is 0 Å². The number of H-pyrrole nitrogens is 1. The van der Waals surface area contributed by atoms with Gasteiger partial charge in [0.25, 0.3) is 5.91 Å². The Morgan fingerprint density at radius 3 is 2.85 bits per heavy atom. The van der Waals surface area contributed by atoms with E-state index in [9.17, 15) is 9.18 Å². The molecule has 33 heavy (non-hydrogen) atoms. The van der Waals surface area contributed by atoms with E-state index in [4.69, 9.17) is 4.74 Å². The Morgan fingerprint density at radius 2 is 2.03 bits per heavy atom. The topological polar surface area (TPSA) is 71.1 Å². The van der Waals surface area contributed by atoms with Crippen LogP contribution in [0.3, 0.4) is 0 Å². The number of amides is 1. The van der Waals surface area contributed by atoms with E-state index in [0.717, 1.165) is 46.3 Å². The number of aromatic nitrogens is 3. The number of likely N-dealkylation sites (tertiary alicyclic amines) is 1. The van der Waals surface area contributed by atoms with Crippen LogP contribution in [0.2, 0.25) is 0 Å². The van der Waals surface area contributed by atoms with Crippen LogP contribution in [-0.4, -0.2) is 45.0 Å². The molecule has 0 radical (unpaired) electrons. The number of carbonyl (C=O) groups excluding carboxylic acids is 1. The van der Waals surface area contributed by atoms with Crippen LogP contribution in [0.15, 0.2) is 79.5 Å². The first-order valence-corrected chi connectivity index (χ1v) is 10.9. The molecule has 3 aromatic heterocycles. The Hall–Kier alpha value is -4.00. The zero-order valence-corrected chi connectivity index (χ0v) is 18.0. The second-order valence-electron chi connectivity index (χ2n) is 8.02. The molecule has 166 valence electrons. The molecule has 1 aliphatic heterocycles. The maximum atomic E-state index is 13.4. The maximum Gasteiger partial charge on any atom is 0.282 e. The number of nitrogens with zero attached hydrogens (tertiary/aromatic N) is 3. The third-order valence-corrected chi connectivity index (χ3v) is 5.97. The van der Waals surface area contributed by atoms with Crippen LogP contribution in [0, 0.1) is 0 Å². The highest BCUT2D eigenvalue weighted by Gasteiger charge is 2.31. The van der Waals surface area contributed by atoms with Crippen molar-refractivity contribution in [2.24, 2.45) is 0 Å². The summed E-state index contributed by atoms with van der Waals surface area (Å²) in [4.78, 5) is 26.0. The first kappa shape index (κ1) is 20.9. The summed E-state index contributed by atoms with van der Waals surface area (Å²) < 4.78 is 19.6. The maximum absolute atomic E-state index is 13.4. The van der Waals surface area contributed by atoms with Gasteiger partial charge in [-0.25, -0.2) is 4.39 Å². The van der Waals surface area contributed by atoms with E-state index in [-0.39, 0.29) is 12.6 Å². The Kier molecular flexibility index (Phi) is 5.60. The number of carbonyl (C=O) groups is 1. The second-order valence-corrected chi connectivity index (χ2v) is 8.02. The van der Waals surface area contributed by atoms with E-state index in [1.54, 1.807) is 18.6 Å². The van der Waals surface area contributed by atoms with E-state index in [1.165, 1.54) is 4.90 Å². The van der Waals surface area contributed by atoms with Crippen molar-refractivity contribution in [1.82, 2.24) is 19.9 Å². The van der Waals surface area contributed by atoms with Crippen molar-refractivity contribution in [2.45, 2.75) is 18.9 Å². The molecule has 4 heterocycles. The van der Waals surface area contributed by atoms with Crippen LogP contribution in [0.25, 0.3) is 33.4 Å². The molecule has 1 N–H and O–H groups in total. The molecule has 1 amide bonds. The number of nitrogens with one attached hydrogen (secondary N) is 1. The van der Waals surface area contributed by atoms with E-state index in [1.807, 2.05) is 48.5 Å². The summed E-state index contributed by atoms with van der Waals surface area (Å²) in [5.41, 5.74) is 5.53. The summed E-state index contributed by atoms with van der Waals surface area (Å²) in [5.74, 6) is -1.03. The number of fused-ring (bicyclic) bond motifs is 1. The van der Waals surface area contributed by atoms with Gasteiger partial charge in [-0.05, 0) is 36.6 Å². The highest BCUT2D eigenvalue weighted by atomic mass is 19.1. The molecular weight excluding hydrogens is 419 g/mol. The van der Waals surface area contributed by atoms with Gasteiger partial charge in [0.1, 0.15) is 12.4 Å². The molecular formula is C26H23FN4O2. The average molecular weight is 442 g/mol. The number of pyridine rings is 2. The number of rotatable bonds is 6. The summed E-state index contributed by atoms with van der Waals surface area (Å²) >= 11 is 0. The van der Waals surface area contributed by atoms with Crippen molar-refractivity contribution >= 4 is 16.9 Å². The van der Waals surface area contributed by atoms with Gasteiger partial charge in [0.2, 0.25) is 0 Å². The fourth-order valence-corrected chi connectivity index (χ4v) is 4.43. The monoisotopic (exact) mass is 442 g/mol. The number of ether oxygens (including phenoxy) is 1. The number of benzene rings is 1. The molecule has 0 spiro atoms. The quantitative estimate of drug-likeness (QED) is 0.420. The fraction of sp³-hybridized carbons (Fsp3) is 0.192. The van der Waals surface area contributed by atoms with E-state index in [2.05, 4.69) is 21.5 Å². The fourth-order valence-electron chi connectivity index (χ4n) is 4.43. The smallest absolute Gasteiger partial charge is 0.282 e. The van der Waals surface area contributed by atoms with Crippen molar-refractivity contribution in [3.8, 4) is 28.1 Å². The van der Waals surface area contributed by atoms with E-state index < -0.39 is 11.7 Å². The summed E-state index contributed by atoms with van der Waals surface area (Å²) in [5, 5.41) is 0. The Morgan fingerprint density at radius 1 is 1.18 bits per heavy atom. The number of aromatic amines is 1. The summed E-state index contributed by atoms with van der Waals surface area (Å²) in [6.45, 7) is 3.90. The molecule has 1 atom stereocenters. The minimum atomic E-state index is -0.943. The molecule has 1 saturated heterocycles. The van der Waals surface area contributed by atoms with Gasteiger partial charge in [0.05, 0.1) is 29.0 Å². The number of hydrogen-bond acceptors (Lipinski definition) is 4. The van der Waals surface area contributed by atoms with Crippen molar-refractivity contribution < 1.29 is 13.9 Å². The molecule has 0 bridgehead atoms. The normalized spacial score (nSPS) is 15.7. The highest BCUT2D eigenvalue weighted by Crippen LogP contribution is 2.40. The molecule has 1 aromatic carbocycles. The predicted octanol–water partition coefficient (Wildman–Crippen LogP) is 5.14. The Balaban J connectivity index is 1.51. The molecule has 4 aromatic rings. The highest BCUT2D eigenvalue weighted by molar-refractivity contribution is 6.02. The predicted molar refractivity (Wildman–Crippen MR) is 125 cm³/mol. The Labute approximate surface area is 190 Å². The lowest BCUT2D eigenvalue weighted by atomic mass is 10.0. The van der Waals surface area contributed by atoms with Gasteiger partial charge in [-0.2, -0.15) is 0 Å². The van der Waals surface area contributed by atoms with Gasteiger partial charge in [-0.1, -0.05) is 36.9 Å². The summed E-state index contributed by atoms with van der Waals surface area (Å²) in [6, 6.07) is 15.6. The minimum absolute atomic E-state index is 0.212. The molecule has 0 aliphatic carbocycles. The van der Waals surface area contributed by atoms with Crippen molar-refractivity contribution in [2.75, 3.05) is 13.2 Å². The largest absolute Gasteiger partial charge is 0.489 e. The van der Waals surface area contributed by atoms with Gasteiger partial charge >= 0.3 is 0 Å². The molecule has 0 unspecified atom stereocenters. The van der Waals surface area contributed by atoms with E-state index >= 15 is 0 Å². The van der Waals surface area contributed by atoms with Crippen LogP contribution in [0.1, 0.15) is 12.8 Å². The average Bonchev–Trinajstić information content (AvgIpc) is 3.47. The zero-order chi connectivity index (χ0) is 22.8.